The zero-order chi connectivity index (χ0) is 8.81. The van der Waals surface area contributed by atoms with Crippen molar-refractivity contribution in [3.05, 3.63) is 30.3 Å². The van der Waals surface area contributed by atoms with Gasteiger partial charge in [-0.3, -0.25) is 5.43 Å². The van der Waals surface area contributed by atoms with Crippen LogP contribution >= 0.6 is 0 Å². The van der Waals surface area contributed by atoms with Crippen molar-refractivity contribution in [2.75, 3.05) is 12.5 Å². The van der Waals surface area contributed by atoms with Gasteiger partial charge in [-0.2, -0.15) is 0 Å². The second-order valence-corrected chi connectivity index (χ2v) is 2.31. The first kappa shape index (κ1) is 8.59. The molecule has 0 bridgehead atoms. The summed E-state index contributed by atoms with van der Waals surface area (Å²) >= 11 is 0. The molecule has 1 aromatic carbocycles. The standard InChI is InChI=1S/C9H12N2O/c1-8(12-2)10-11-9-6-4-3-5-7-9/h3-7,11H,1-2H3. The summed E-state index contributed by atoms with van der Waals surface area (Å²) in [5.41, 5.74) is 3.81. The molecule has 0 amide bonds. The highest BCUT2D eigenvalue weighted by atomic mass is 16.5. The fourth-order valence-corrected chi connectivity index (χ4v) is 0.702. The van der Waals surface area contributed by atoms with E-state index >= 15 is 0 Å². The summed E-state index contributed by atoms with van der Waals surface area (Å²) < 4.78 is 4.86. The number of methoxy groups -OCH3 is 1. The van der Waals surface area contributed by atoms with Crippen LogP contribution < -0.4 is 5.43 Å². The summed E-state index contributed by atoms with van der Waals surface area (Å²) in [5.74, 6) is 0.610. The van der Waals surface area contributed by atoms with Crippen LogP contribution in [0.4, 0.5) is 5.69 Å². The highest BCUT2D eigenvalue weighted by molar-refractivity contribution is 5.73. The van der Waals surface area contributed by atoms with E-state index in [2.05, 4.69) is 10.5 Å². The van der Waals surface area contributed by atoms with E-state index in [0.29, 0.717) is 5.90 Å². The van der Waals surface area contributed by atoms with Crippen LogP contribution in [0.1, 0.15) is 6.92 Å². The van der Waals surface area contributed by atoms with Gasteiger partial charge in [0.05, 0.1) is 12.8 Å². The Morgan fingerprint density at radius 3 is 2.58 bits per heavy atom. The second-order valence-electron chi connectivity index (χ2n) is 2.31. The third-order valence-corrected chi connectivity index (χ3v) is 1.41. The smallest absolute Gasteiger partial charge is 0.202 e. The number of ether oxygens (including phenoxy) is 1. The molecule has 1 rings (SSSR count). The van der Waals surface area contributed by atoms with Gasteiger partial charge in [0.15, 0.2) is 0 Å². The van der Waals surface area contributed by atoms with Gasteiger partial charge in [0, 0.05) is 6.92 Å². The number of nitrogens with one attached hydrogen (secondary N) is 1. The normalized spacial score (nSPS) is 11.0. The van der Waals surface area contributed by atoms with E-state index in [1.165, 1.54) is 0 Å². The first-order valence-electron chi connectivity index (χ1n) is 3.72. The Balaban J connectivity index is 2.54. The Kier molecular flexibility index (Phi) is 3.14. The molecule has 0 aliphatic carbocycles. The molecule has 0 aromatic heterocycles. The monoisotopic (exact) mass is 164 g/mol. The number of rotatable bonds is 2. The molecule has 0 radical (unpaired) electrons. The second kappa shape index (κ2) is 4.38. The van der Waals surface area contributed by atoms with E-state index in [-0.39, 0.29) is 0 Å². The average Bonchev–Trinajstić information content (AvgIpc) is 2.16. The van der Waals surface area contributed by atoms with Crippen molar-refractivity contribution in [3.63, 3.8) is 0 Å². The minimum Gasteiger partial charge on any atom is -0.483 e. The number of hydrazone groups is 1. The lowest BCUT2D eigenvalue weighted by Gasteiger charge is -2.00. The summed E-state index contributed by atoms with van der Waals surface area (Å²) in [6, 6.07) is 9.72. The highest BCUT2D eigenvalue weighted by Crippen LogP contribution is 2.04. The molecular formula is C9H12N2O. The van der Waals surface area contributed by atoms with E-state index in [1.807, 2.05) is 30.3 Å². The van der Waals surface area contributed by atoms with Gasteiger partial charge in [-0.1, -0.05) is 18.2 Å². The van der Waals surface area contributed by atoms with Crippen molar-refractivity contribution in [3.8, 4) is 0 Å². The van der Waals surface area contributed by atoms with Crippen LogP contribution in [0.5, 0.6) is 0 Å². The molecule has 0 atom stereocenters. The molecule has 1 aromatic rings. The van der Waals surface area contributed by atoms with Gasteiger partial charge in [-0.25, -0.2) is 0 Å². The van der Waals surface area contributed by atoms with Gasteiger partial charge in [0.1, 0.15) is 0 Å². The summed E-state index contributed by atoms with van der Waals surface area (Å²) in [6.07, 6.45) is 0. The van der Waals surface area contributed by atoms with E-state index in [9.17, 15) is 0 Å². The van der Waals surface area contributed by atoms with Crippen molar-refractivity contribution in [1.82, 2.24) is 0 Å². The van der Waals surface area contributed by atoms with Crippen LogP contribution in [-0.4, -0.2) is 13.0 Å². The topological polar surface area (TPSA) is 33.6 Å². The zero-order valence-corrected chi connectivity index (χ0v) is 7.24. The lowest BCUT2D eigenvalue weighted by Crippen LogP contribution is -1.98. The minimum atomic E-state index is 0.610. The Hall–Kier alpha value is -1.51. The average molecular weight is 164 g/mol. The minimum absolute atomic E-state index is 0.610. The third-order valence-electron chi connectivity index (χ3n) is 1.41. The molecule has 0 saturated heterocycles. The molecular weight excluding hydrogens is 152 g/mol. The van der Waals surface area contributed by atoms with Crippen molar-refractivity contribution in [2.45, 2.75) is 6.92 Å². The van der Waals surface area contributed by atoms with Crippen LogP contribution in [0.25, 0.3) is 0 Å². The lowest BCUT2D eigenvalue weighted by molar-refractivity contribution is 0.399. The van der Waals surface area contributed by atoms with Gasteiger partial charge in [0.25, 0.3) is 0 Å². The maximum absolute atomic E-state index is 4.86. The first-order valence-corrected chi connectivity index (χ1v) is 3.72. The highest BCUT2D eigenvalue weighted by Gasteiger charge is 1.87. The number of anilines is 1. The number of nitrogens with zero attached hydrogens (tertiary/aromatic N) is 1. The van der Waals surface area contributed by atoms with Gasteiger partial charge in [-0.05, 0) is 12.1 Å². The molecule has 0 aliphatic rings. The summed E-state index contributed by atoms with van der Waals surface area (Å²) in [5, 5.41) is 3.96. The summed E-state index contributed by atoms with van der Waals surface area (Å²) in [6.45, 7) is 1.79. The Morgan fingerprint density at radius 1 is 1.33 bits per heavy atom. The van der Waals surface area contributed by atoms with Crippen LogP contribution in [-0.2, 0) is 4.74 Å². The van der Waals surface area contributed by atoms with E-state index in [4.69, 9.17) is 4.74 Å². The molecule has 0 spiro atoms. The molecule has 3 heteroatoms. The zero-order valence-electron chi connectivity index (χ0n) is 7.24. The third kappa shape index (κ3) is 2.62. The molecule has 0 fully saturated rings. The number of para-hydroxylation sites is 1. The van der Waals surface area contributed by atoms with Crippen LogP contribution in [0.2, 0.25) is 0 Å². The van der Waals surface area contributed by atoms with Gasteiger partial charge < -0.3 is 4.74 Å². The Bertz CT molecular complexity index is 256. The SMILES string of the molecule is COC(C)=NNc1ccccc1. The maximum atomic E-state index is 4.86. The largest absolute Gasteiger partial charge is 0.483 e. The van der Waals surface area contributed by atoms with Crippen molar-refractivity contribution in [1.29, 1.82) is 0 Å². The molecule has 0 unspecified atom stereocenters. The van der Waals surface area contributed by atoms with Crippen LogP contribution in [0.3, 0.4) is 0 Å². The van der Waals surface area contributed by atoms with Crippen molar-refractivity contribution >= 4 is 11.6 Å². The first-order chi connectivity index (χ1) is 5.83. The number of hydrogen-bond donors (Lipinski definition) is 1. The molecule has 0 heterocycles. The van der Waals surface area contributed by atoms with E-state index in [0.717, 1.165) is 5.69 Å². The number of hydrogen-bond acceptors (Lipinski definition) is 3. The van der Waals surface area contributed by atoms with Crippen molar-refractivity contribution in [2.24, 2.45) is 5.10 Å². The van der Waals surface area contributed by atoms with Crippen molar-refractivity contribution < 1.29 is 4.74 Å². The fourth-order valence-electron chi connectivity index (χ4n) is 0.702. The molecule has 3 nitrogen and oxygen atoms in total. The molecule has 0 saturated carbocycles. The predicted molar refractivity (Wildman–Crippen MR) is 50.2 cm³/mol. The maximum Gasteiger partial charge on any atom is 0.202 e. The predicted octanol–water partition coefficient (Wildman–Crippen LogP) is 2.08. The molecule has 0 aliphatic heterocycles. The van der Waals surface area contributed by atoms with Gasteiger partial charge in [-0.15, -0.1) is 5.10 Å². The van der Waals surface area contributed by atoms with Crippen LogP contribution in [0, 0.1) is 0 Å². The molecule has 1 N–H and O–H groups in total. The fraction of sp³-hybridized carbons (Fsp3) is 0.222. The Labute approximate surface area is 72.1 Å². The summed E-state index contributed by atoms with van der Waals surface area (Å²) in [7, 11) is 1.59. The molecule has 64 valence electrons. The van der Waals surface area contributed by atoms with E-state index < -0.39 is 0 Å². The lowest BCUT2D eigenvalue weighted by atomic mass is 10.3. The van der Waals surface area contributed by atoms with Gasteiger partial charge in [0.2, 0.25) is 5.90 Å². The van der Waals surface area contributed by atoms with Gasteiger partial charge >= 0.3 is 0 Å². The summed E-state index contributed by atoms with van der Waals surface area (Å²) in [4.78, 5) is 0. The van der Waals surface area contributed by atoms with Crippen LogP contribution in [0.15, 0.2) is 35.4 Å². The van der Waals surface area contributed by atoms with E-state index in [1.54, 1.807) is 14.0 Å². The molecule has 12 heavy (non-hydrogen) atoms. The number of benzene rings is 1. The Morgan fingerprint density at radius 2 is 2.00 bits per heavy atom. The quantitative estimate of drug-likeness (QED) is 0.412.